The first kappa shape index (κ1) is 51.5. The molecule has 10 nitrogen and oxygen atoms in total. The lowest BCUT2D eigenvalue weighted by atomic mass is 10.1. The van der Waals surface area contributed by atoms with Gasteiger partial charge >= 0.3 is 19.8 Å². The standard InChI is InChI=1S/C42H80NO9P/c1-3-5-7-9-11-13-15-17-18-19-20-21-22-23-25-27-29-31-33-35-49-36-39(37-50-53(47,48)51-38-40(43)42(45)46)52-41(44)34-32-30-28-26-24-16-14-12-10-8-6-4-2/h12,14,18-19,39-40H,3-11,13,15-17,20-38,43H2,1-2H3,(H,45,46)(H,47,48)/b14-12-,19-18-. The highest BCUT2D eigenvalue weighted by atomic mass is 31.2. The Balaban J connectivity index is 4.20. The monoisotopic (exact) mass is 774 g/mol. The van der Waals surface area contributed by atoms with Crippen molar-refractivity contribution in [2.75, 3.05) is 26.4 Å². The van der Waals surface area contributed by atoms with E-state index in [2.05, 4.69) is 38.2 Å². The van der Waals surface area contributed by atoms with Crippen LogP contribution in [0.5, 0.6) is 0 Å². The van der Waals surface area contributed by atoms with Crippen LogP contribution < -0.4 is 5.73 Å². The number of unbranched alkanes of at least 4 members (excludes halogenated alkanes) is 23. The first-order chi connectivity index (χ1) is 25.7. The molecule has 53 heavy (non-hydrogen) atoms. The van der Waals surface area contributed by atoms with E-state index < -0.39 is 45.1 Å². The van der Waals surface area contributed by atoms with E-state index in [1.165, 1.54) is 109 Å². The van der Waals surface area contributed by atoms with Crippen LogP contribution in [-0.4, -0.2) is 60.5 Å². The number of phosphoric ester groups is 1. The van der Waals surface area contributed by atoms with Crippen LogP contribution in [0.4, 0.5) is 0 Å². The number of rotatable bonds is 41. The Hall–Kier alpha value is -1.55. The van der Waals surface area contributed by atoms with Crippen molar-refractivity contribution in [3.8, 4) is 0 Å². The number of allylic oxidation sites excluding steroid dienone is 4. The molecule has 0 aromatic carbocycles. The van der Waals surface area contributed by atoms with Crippen molar-refractivity contribution in [2.24, 2.45) is 5.73 Å². The summed E-state index contributed by atoms with van der Waals surface area (Å²) in [6, 6.07) is -1.47. The van der Waals surface area contributed by atoms with Crippen molar-refractivity contribution in [2.45, 2.75) is 206 Å². The fourth-order valence-corrected chi connectivity index (χ4v) is 6.61. The average molecular weight is 774 g/mol. The number of aliphatic carboxylic acids is 1. The zero-order chi connectivity index (χ0) is 39.1. The topological polar surface area (TPSA) is 155 Å². The summed E-state index contributed by atoms with van der Waals surface area (Å²) in [7, 11) is -4.61. The number of carboxylic acid groups (broad SMARTS) is 1. The normalized spacial score (nSPS) is 14.2. The molecule has 0 spiro atoms. The molecule has 0 amide bonds. The van der Waals surface area contributed by atoms with Crippen LogP contribution in [0.1, 0.15) is 194 Å². The smallest absolute Gasteiger partial charge is 0.472 e. The summed E-state index contributed by atoms with van der Waals surface area (Å²) in [4.78, 5) is 33.4. The van der Waals surface area contributed by atoms with Crippen LogP contribution >= 0.6 is 7.82 Å². The molecule has 0 heterocycles. The number of carbonyl (C=O) groups is 2. The molecule has 11 heteroatoms. The maximum absolute atomic E-state index is 12.6. The molecule has 0 saturated carbocycles. The van der Waals surface area contributed by atoms with Crippen molar-refractivity contribution in [3.63, 3.8) is 0 Å². The Bertz CT molecular complexity index is 946. The predicted molar refractivity (Wildman–Crippen MR) is 217 cm³/mol. The first-order valence-corrected chi connectivity index (χ1v) is 22.9. The number of phosphoric acid groups is 1. The second kappa shape index (κ2) is 38.7. The number of carbonyl (C=O) groups excluding carboxylic acids is 1. The molecular weight excluding hydrogens is 693 g/mol. The molecule has 0 radical (unpaired) electrons. The van der Waals surface area contributed by atoms with Crippen LogP contribution in [0.25, 0.3) is 0 Å². The molecule has 0 fully saturated rings. The van der Waals surface area contributed by atoms with Gasteiger partial charge in [0.25, 0.3) is 0 Å². The quantitative estimate of drug-likeness (QED) is 0.0237. The Morgan fingerprint density at radius 3 is 1.47 bits per heavy atom. The van der Waals surface area contributed by atoms with Crippen molar-refractivity contribution >= 4 is 19.8 Å². The van der Waals surface area contributed by atoms with Gasteiger partial charge in [0.1, 0.15) is 12.1 Å². The lowest BCUT2D eigenvalue weighted by Gasteiger charge is -2.20. The summed E-state index contributed by atoms with van der Waals surface area (Å²) in [6.45, 7) is 3.84. The highest BCUT2D eigenvalue weighted by molar-refractivity contribution is 7.47. The summed E-state index contributed by atoms with van der Waals surface area (Å²) in [5.41, 5.74) is 5.35. The molecule has 0 saturated heterocycles. The molecule has 0 bridgehead atoms. The minimum absolute atomic E-state index is 0.0137. The van der Waals surface area contributed by atoms with Crippen LogP contribution in [0, 0.1) is 0 Å². The van der Waals surface area contributed by atoms with Gasteiger partial charge in [-0.15, -0.1) is 0 Å². The largest absolute Gasteiger partial charge is 0.480 e. The average Bonchev–Trinajstić information content (AvgIpc) is 3.13. The lowest BCUT2D eigenvalue weighted by molar-refractivity contribution is -0.154. The van der Waals surface area contributed by atoms with Gasteiger partial charge in [-0.3, -0.25) is 18.6 Å². The number of esters is 1. The highest BCUT2D eigenvalue weighted by Gasteiger charge is 2.27. The van der Waals surface area contributed by atoms with Gasteiger partial charge in [-0.25, -0.2) is 4.57 Å². The molecule has 0 aromatic rings. The second-order valence-corrected chi connectivity index (χ2v) is 15.9. The van der Waals surface area contributed by atoms with Crippen molar-refractivity contribution in [1.29, 1.82) is 0 Å². The maximum atomic E-state index is 12.6. The highest BCUT2D eigenvalue weighted by Crippen LogP contribution is 2.43. The summed E-state index contributed by atoms with van der Waals surface area (Å²) in [6.07, 6.45) is 40.9. The van der Waals surface area contributed by atoms with Crippen LogP contribution in [0.3, 0.4) is 0 Å². The number of nitrogens with two attached hydrogens (primary N) is 1. The third kappa shape index (κ3) is 38.5. The lowest BCUT2D eigenvalue weighted by Crippen LogP contribution is -2.34. The third-order valence-corrected chi connectivity index (χ3v) is 10.2. The SMILES string of the molecule is CCCCC/C=C\CCCCCCCC(=O)OC(COCCCCCCCCCC/C=C\CCCCCCCCC)COP(=O)(O)OCC(N)C(=O)O. The minimum Gasteiger partial charge on any atom is -0.480 e. The summed E-state index contributed by atoms with van der Waals surface area (Å²) in [5.74, 6) is -1.79. The van der Waals surface area contributed by atoms with E-state index in [-0.39, 0.29) is 13.0 Å². The van der Waals surface area contributed by atoms with E-state index in [0.29, 0.717) is 13.0 Å². The fraction of sp³-hybridized carbons (Fsp3) is 0.857. The molecule has 3 atom stereocenters. The van der Waals surface area contributed by atoms with Gasteiger partial charge in [-0.05, 0) is 64.2 Å². The molecule has 0 aromatic heterocycles. The maximum Gasteiger partial charge on any atom is 0.472 e. The van der Waals surface area contributed by atoms with Crippen molar-refractivity contribution in [1.82, 2.24) is 0 Å². The van der Waals surface area contributed by atoms with Gasteiger partial charge in [0.05, 0.1) is 19.8 Å². The predicted octanol–water partition coefficient (Wildman–Crippen LogP) is 11.5. The van der Waals surface area contributed by atoms with Gasteiger partial charge in [-0.1, -0.05) is 147 Å². The zero-order valence-electron chi connectivity index (χ0n) is 33.9. The number of carboxylic acids is 1. The molecule has 4 N–H and O–H groups in total. The number of hydrogen-bond acceptors (Lipinski definition) is 8. The van der Waals surface area contributed by atoms with E-state index in [9.17, 15) is 19.0 Å². The summed E-state index contributed by atoms with van der Waals surface area (Å²) >= 11 is 0. The fourth-order valence-electron chi connectivity index (χ4n) is 5.83. The summed E-state index contributed by atoms with van der Waals surface area (Å²) < 4.78 is 33.3. The van der Waals surface area contributed by atoms with Gasteiger partial charge in [-0.2, -0.15) is 0 Å². The van der Waals surface area contributed by atoms with Gasteiger partial charge < -0.3 is 25.2 Å². The zero-order valence-corrected chi connectivity index (χ0v) is 34.8. The van der Waals surface area contributed by atoms with Gasteiger partial charge in [0, 0.05) is 13.0 Å². The molecule has 0 aliphatic carbocycles. The first-order valence-electron chi connectivity index (χ1n) is 21.4. The molecule has 0 aliphatic rings. The van der Waals surface area contributed by atoms with E-state index in [1.807, 2.05) is 0 Å². The van der Waals surface area contributed by atoms with Gasteiger partial charge in [0.15, 0.2) is 0 Å². The summed E-state index contributed by atoms with van der Waals surface area (Å²) in [5, 5.41) is 8.88. The van der Waals surface area contributed by atoms with Crippen LogP contribution in [0.15, 0.2) is 24.3 Å². The third-order valence-electron chi connectivity index (χ3n) is 9.20. The Morgan fingerprint density at radius 2 is 0.981 bits per heavy atom. The Labute approximate surface area is 324 Å². The van der Waals surface area contributed by atoms with Crippen LogP contribution in [-0.2, 0) is 32.7 Å². The molecule has 312 valence electrons. The van der Waals surface area contributed by atoms with E-state index in [1.54, 1.807) is 0 Å². The van der Waals surface area contributed by atoms with Gasteiger partial charge in [0.2, 0.25) is 0 Å². The van der Waals surface area contributed by atoms with E-state index in [0.717, 1.165) is 57.8 Å². The Kier molecular flexibility index (Phi) is 37.6. The second-order valence-electron chi connectivity index (χ2n) is 14.5. The molecular formula is C42H80NO9P. The van der Waals surface area contributed by atoms with Crippen LogP contribution in [0.2, 0.25) is 0 Å². The molecule has 0 rings (SSSR count). The minimum atomic E-state index is -4.61. The Morgan fingerprint density at radius 1 is 0.585 bits per heavy atom. The van der Waals surface area contributed by atoms with E-state index in [4.69, 9.17) is 29.4 Å². The molecule has 3 unspecified atom stereocenters. The number of hydrogen-bond donors (Lipinski definition) is 3. The van der Waals surface area contributed by atoms with E-state index >= 15 is 0 Å². The van der Waals surface area contributed by atoms with Crippen molar-refractivity contribution in [3.05, 3.63) is 24.3 Å². The van der Waals surface area contributed by atoms with Crippen molar-refractivity contribution < 1.29 is 42.7 Å². The molecule has 0 aliphatic heterocycles. The number of ether oxygens (including phenoxy) is 2.